The SMILES string of the molecule is O=C(COc1ccc(Cl)cc1Cl)Nc1ccc(N2CCOCC2)cc1. The molecule has 0 unspecified atom stereocenters. The van der Waals surface area contributed by atoms with E-state index in [2.05, 4.69) is 10.2 Å². The number of carbonyl (C=O) groups excluding carboxylic acids is 1. The molecule has 0 saturated carbocycles. The molecule has 0 bridgehead atoms. The molecule has 0 atom stereocenters. The quantitative estimate of drug-likeness (QED) is 0.855. The van der Waals surface area contributed by atoms with Gasteiger partial charge in [0.1, 0.15) is 5.75 Å². The Morgan fingerprint density at radius 1 is 1.12 bits per heavy atom. The summed E-state index contributed by atoms with van der Waals surface area (Å²) in [6.45, 7) is 3.10. The van der Waals surface area contributed by atoms with E-state index in [9.17, 15) is 4.79 Å². The third-order valence-corrected chi connectivity index (χ3v) is 4.31. The largest absolute Gasteiger partial charge is 0.482 e. The molecular formula is C18H18Cl2N2O3. The van der Waals surface area contributed by atoms with E-state index in [1.807, 2.05) is 24.3 Å². The van der Waals surface area contributed by atoms with E-state index in [0.717, 1.165) is 32.0 Å². The number of ether oxygens (including phenoxy) is 2. The molecule has 2 aromatic rings. The van der Waals surface area contributed by atoms with Crippen molar-refractivity contribution in [2.24, 2.45) is 0 Å². The van der Waals surface area contributed by atoms with Gasteiger partial charge in [0.15, 0.2) is 6.61 Å². The number of anilines is 2. The first-order valence-electron chi connectivity index (χ1n) is 7.92. The van der Waals surface area contributed by atoms with Gasteiger partial charge in [-0.2, -0.15) is 0 Å². The van der Waals surface area contributed by atoms with Crippen LogP contribution >= 0.6 is 23.2 Å². The van der Waals surface area contributed by atoms with E-state index in [4.69, 9.17) is 32.7 Å². The van der Waals surface area contributed by atoms with Gasteiger partial charge in [-0.25, -0.2) is 0 Å². The monoisotopic (exact) mass is 380 g/mol. The maximum atomic E-state index is 12.0. The Hall–Kier alpha value is -1.95. The van der Waals surface area contributed by atoms with Crippen LogP contribution in [-0.4, -0.2) is 38.8 Å². The molecule has 1 N–H and O–H groups in total. The van der Waals surface area contributed by atoms with Crippen molar-refractivity contribution in [1.82, 2.24) is 0 Å². The number of halogens is 2. The zero-order chi connectivity index (χ0) is 17.6. The van der Waals surface area contributed by atoms with Crippen LogP contribution in [0.3, 0.4) is 0 Å². The van der Waals surface area contributed by atoms with Gasteiger partial charge in [0.2, 0.25) is 0 Å². The first-order chi connectivity index (χ1) is 12.1. The summed E-state index contributed by atoms with van der Waals surface area (Å²) in [6, 6.07) is 12.6. The van der Waals surface area contributed by atoms with Gasteiger partial charge in [0, 0.05) is 29.5 Å². The maximum Gasteiger partial charge on any atom is 0.262 e. The molecule has 2 aromatic carbocycles. The number of benzene rings is 2. The topological polar surface area (TPSA) is 50.8 Å². The second kappa shape index (κ2) is 8.43. The number of amides is 1. The number of nitrogens with one attached hydrogen (secondary N) is 1. The van der Waals surface area contributed by atoms with Crippen molar-refractivity contribution < 1.29 is 14.3 Å². The van der Waals surface area contributed by atoms with Crippen molar-refractivity contribution >= 4 is 40.5 Å². The summed E-state index contributed by atoms with van der Waals surface area (Å²) in [5.41, 5.74) is 1.83. The van der Waals surface area contributed by atoms with Gasteiger partial charge < -0.3 is 19.7 Å². The Morgan fingerprint density at radius 2 is 1.84 bits per heavy atom. The average Bonchev–Trinajstić information content (AvgIpc) is 2.62. The molecule has 25 heavy (non-hydrogen) atoms. The Labute approximate surface area is 156 Å². The minimum atomic E-state index is -0.259. The van der Waals surface area contributed by atoms with Crippen LogP contribution in [0.1, 0.15) is 0 Å². The molecule has 1 heterocycles. The lowest BCUT2D eigenvalue weighted by Crippen LogP contribution is -2.36. The third-order valence-electron chi connectivity index (χ3n) is 3.78. The minimum absolute atomic E-state index is 0.132. The van der Waals surface area contributed by atoms with Crippen molar-refractivity contribution in [3.05, 3.63) is 52.5 Å². The lowest BCUT2D eigenvalue weighted by atomic mass is 10.2. The summed E-state index contributed by atoms with van der Waals surface area (Å²) >= 11 is 11.8. The summed E-state index contributed by atoms with van der Waals surface area (Å²) in [7, 11) is 0. The van der Waals surface area contributed by atoms with Gasteiger partial charge in [-0.05, 0) is 42.5 Å². The summed E-state index contributed by atoms with van der Waals surface area (Å²) in [5, 5.41) is 3.68. The summed E-state index contributed by atoms with van der Waals surface area (Å²) in [5.74, 6) is 0.161. The number of carbonyl (C=O) groups is 1. The van der Waals surface area contributed by atoms with Gasteiger partial charge in [-0.3, -0.25) is 4.79 Å². The molecule has 1 saturated heterocycles. The molecule has 0 radical (unpaired) electrons. The van der Waals surface area contributed by atoms with Crippen molar-refractivity contribution in [3.8, 4) is 5.75 Å². The fourth-order valence-electron chi connectivity index (χ4n) is 2.51. The van der Waals surface area contributed by atoms with E-state index in [0.29, 0.717) is 21.5 Å². The zero-order valence-electron chi connectivity index (χ0n) is 13.5. The fraction of sp³-hybridized carbons (Fsp3) is 0.278. The Kier molecular flexibility index (Phi) is 6.02. The summed E-state index contributed by atoms with van der Waals surface area (Å²) < 4.78 is 10.8. The number of hydrogen-bond acceptors (Lipinski definition) is 4. The second-order valence-electron chi connectivity index (χ2n) is 5.56. The molecule has 132 valence electrons. The standard InChI is InChI=1S/C18H18Cl2N2O3/c19-13-1-6-17(16(20)11-13)25-12-18(23)21-14-2-4-15(5-3-14)22-7-9-24-10-8-22/h1-6,11H,7-10,12H2,(H,21,23). The van der Waals surface area contributed by atoms with Gasteiger partial charge >= 0.3 is 0 Å². The molecule has 7 heteroatoms. The van der Waals surface area contributed by atoms with Crippen LogP contribution in [0.4, 0.5) is 11.4 Å². The first-order valence-corrected chi connectivity index (χ1v) is 8.68. The van der Waals surface area contributed by atoms with E-state index in [-0.39, 0.29) is 12.5 Å². The molecule has 0 aliphatic carbocycles. The van der Waals surface area contributed by atoms with Crippen molar-refractivity contribution in [3.63, 3.8) is 0 Å². The summed E-state index contributed by atoms with van der Waals surface area (Å²) in [4.78, 5) is 14.3. The molecule has 5 nitrogen and oxygen atoms in total. The highest BCUT2D eigenvalue weighted by atomic mass is 35.5. The fourth-order valence-corrected chi connectivity index (χ4v) is 2.97. The highest BCUT2D eigenvalue weighted by molar-refractivity contribution is 6.35. The molecule has 1 fully saturated rings. The van der Waals surface area contributed by atoms with Crippen molar-refractivity contribution in [2.75, 3.05) is 43.1 Å². The van der Waals surface area contributed by atoms with E-state index in [1.165, 1.54) is 0 Å². The Bertz CT molecular complexity index is 732. The van der Waals surface area contributed by atoms with E-state index < -0.39 is 0 Å². The van der Waals surface area contributed by atoms with Gasteiger partial charge in [0.25, 0.3) is 5.91 Å². The summed E-state index contributed by atoms with van der Waals surface area (Å²) in [6.07, 6.45) is 0. The van der Waals surface area contributed by atoms with Crippen molar-refractivity contribution in [2.45, 2.75) is 0 Å². The lowest BCUT2D eigenvalue weighted by molar-refractivity contribution is -0.118. The number of nitrogens with zero attached hydrogens (tertiary/aromatic N) is 1. The molecule has 1 amide bonds. The Morgan fingerprint density at radius 3 is 2.52 bits per heavy atom. The number of rotatable bonds is 5. The van der Waals surface area contributed by atoms with Crippen LogP contribution in [0.5, 0.6) is 5.75 Å². The highest BCUT2D eigenvalue weighted by Gasteiger charge is 2.11. The van der Waals surface area contributed by atoms with Gasteiger partial charge in [-0.15, -0.1) is 0 Å². The van der Waals surface area contributed by atoms with Crippen LogP contribution in [0.15, 0.2) is 42.5 Å². The van der Waals surface area contributed by atoms with Crippen LogP contribution in [0.25, 0.3) is 0 Å². The van der Waals surface area contributed by atoms with Crippen LogP contribution in [0.2, 0.25) is 10.0 Å². The van der Waals surface area contributed by atoms with Crippen LogP contribution in [-0.2, 0) is 9.53 Å². The van der Waals surface area contributed by atoms with Crippen LogP contribution < -0.4 is 15.0 Å². The van der Waals surface area contributed by atoms with Gasteiger partial charge in [-0.1, -0.05) is 23.2 Å². The molecule has 1 aliphatic heterocycles. The molecule has 1 aliphatic rings. The predicted molar refractivity (Wildman–Crippen MR) is 100 cm³/mol. The molecule has 0 aromatic heterocycles. The number of morpholine rings is 1. The zero-order valence-corrected chi connectivity index (χ0v) is 15.0. The molecule has 3 rings (SSSR count). The molecule has 0 spiro atoms. The minimum Gasteiger partial charge on any atom is -0.482 e. The van der Waals surface area contributed by atoms with E-state index in [1.54, 1.807) is 18.2 Å². The third kappa shape index (κ3) is 5.01. The normalized spacial score (nSPS) is 14.2. The van der Waals surface area contributed by atoms with Crippen LogP contribution in [0, 0.1) is 0 Å². The highest BCUT2D eigenvalue weighted by Crippen LogP contribution is 2.27. The number of hydrogen-bond donors (Lipinski definition) is 1. The second-order valence-corrected chi connectivity index (χ2v) is 6.40. The van der Waals surface area contributed by atoms with Gasteiger partial charge in [0.05, 0.1) is 18.2 Å². The lowest BCUT2D eigenvalue weighted by Gasteiger charge is -2.28. The van der Waals surface area contributed by atoms with Crippen molar-refractivity contribution in [1.29, 1.82) is 0 Å². The smallest absolute Gasteiger partial charge is 0.262 e. The average molecular weight is 381 g/mol. The predicted octanol–water partition coefficient (Wildman–Crippen LogP) is 3.85. The Balaban J connectivity index is 1.52. The van der Waals surface area contributed by atoms with E-state index >= 15 is 0 Å². The maximum absolute atomic E-state index is 12.0. The molecular weight excluding hydrogens is 363 g/mol. The first kappa shape index (κ1) is 17.9.